The molecular formula is C21H23N3O2S. The van der Waals surface area contributed by atoms with Crippen molar-refractivity contribution in [2.45, 2.75) is 31.2 Å². The number of fused-ring (bicyclic) bond motifs is 1. The molecule has 0 bridgehead atoms. The molecule has 1 atom stereocenters. The standard InChI is InChI=1S/C21H23N3O2S/c1-13-10-11-16(12-14(13)2)24-20(26)17-8-6-7-9-18(17)22-21(24)27-15(3)19(25)23(4)5/h6-12,15H,1-5H3. The molecule has 6 heteroatoms. The third-order valence-corrected chi connectivity index (χ3v) is 5.60. The molecule has 0 aliphatic rings. The number of carbonyl (C=O) groups is 1. The largest absolute Gasteiger partial charge is 0.348 e. The number of hydrogen-bond donors (Lipinski definition) is 0. The summed E-state index contributed by atoms with van der Waals surface area (Å²) in [4.78, 5) is 31.8. The van der Waals surface area contributed by atoms with Gasteiger partial charge in [0.2, 0.25) is 5.91 Å². The predicted octanol–water partition coefficient (Wildman–Crippen LogP) is 3.57. The Morgan fingerprint density at radius 2 is 1.81 bits per heavy atom. The number of nitrogens with zero attached hydrogens (tertiary/aromatic N) is 3. The minimum absolute atomic E-state index is 0.0194. The van der Waals surface area contributed by atoms with Crippen LogP contribution in [0.15, 0.2) is 52.4 Å². The molecule has 3 rings (SSSR count). The van der Waals surface area contributed by atoms with Gasteiger partial charge in [-0.1, -0.05) is 30.0 Å². The van der Waals surface area contributed by atoms with E-state index >= 15 is 0 Å². The molecule has 140 valence electrons. The van der Waals surface area contributed by atoms with Gasteiger partial charge in [-0.3, -0.25) is 14.2 Å². The topological polar surface area (TPSA) is 55.2 Å². The lowest BCUT2D eigenvalue weighted by Crippen LogP contribution is -2.31. The first kappa shape index (κ1) is 19.2. The molecule has 1 unspecified atom stereocenters. The van der Waals surface area contributed by atoms with Crippen LogP contribution >= 0.6 is 11.8 Å². The van der Waals surface area contributed by atoms with Crippen molar-refractivity contribution in [3.63, 3.8) is 0 Å². The molecule has 0 radical (unpaired) electrons. The van der Waals surface area contributed by atoms with Crippen molar-refractivity contribution >= 4 is 28.6 Å². The van der Waals surface area contributed by atoms with Crippen molar-refractivity contribution < 1.29 is 4.79 Å². The van der Waals surface area contributed by atoms with Crippen molar-refractivity contribution in [3.8, 4) is 5.69 Å². The smallest absolute Gasteiger partial charge is 0.266 e. The first-order valence-electron chi connectivity index (χ1n) is 8.77. The Balaban J connectivity index is 2.22. The lowest BCUT2D eigenvalue weighted by atomic mass is 10.1. The van der Waals surface area contributed by atoms with E-state index in [1.807, 2.05) is 57.2 Å². The highest BCUT2D eigenvalue weighted by Gasteiger charge is 2.21. The number of thioether (sulfide) groups is 1. The van der Waals surface area contributed by atoms with Gasteiger partial charge in [-0.2, -0.15) is 0 Å². The number of rotatable bonds is 4. The number of carbonyl (C=O) groups excluding carboxylic acids is 1. The molecule has 5 nitrogen and oxygen atoms in total. The van der Waals surface area contributed by atoms with Gasteiger partial charge >= 0.3 is 0 Å². The highest BCUT2D eigenvalue weighted by Crippen LogP contribution is 2.26. The van der Waals surface area contributed by atoms with Crippen molar-refractivity contribution in [1.82, 2.24) is 14.5 Å². The number of aromatic nitrogens is 2. The first-order chi connectivity index (χ1) is 12.8. The Hall–Kier alpha value is -2.60. The Morgan fingerprint density at radius 3 is 2.48 bits per heavy atom. The monoisotopic (exact) mass is 381 g/mol. The highest BCUT2D eigenvalue weighted by atomic mass is 32.2. The first-order valence-corrected chi connectivity index (χ1v) is 9.65. The van der Waals surface area contributed by atoms with E-state index in [-0.39, 0.29) is 16.7 Å². The maximum atomic E-state index is 13.2. The second-order valence-corrected chi connectivity index (χ2v) is 8.12. The average Bonchev–Trinajstić information content (AvgIpc) is 2.63. The minimum Gasteiger partial charge on any atom is -0.348 e. The molecule has 0 fully saturated rings. The second-order valence-electron chi connectivity index (χ2n) is 6.81. The van der Waals surface area contributed by atoms with Crippen LogP contribution in [-0.2, 0) is 4.79 Å². The Labute approximate surface area is 163 Å². The third-order valence-electron chi connectivity index (χ3n) is 4.56. The van der Waals surface area contributed by atoms with Crippen LogP contribution in [0.5, 0.6) is 0 Å². The predicted molar refractivity (Wildman–Crippen MR) is 111 cm³/mol. The SMILES string of the molecule is Cc1ccc(-n2c(SC(C)C(=O)N(C)C)nc3ccccc3c2=O)cc1C. The van der Waals surface area contributed by atoms with Crippen LogP contribution in [0, 0.1) is 13.8 Å². The maximum Gasteiger partial charge on any atom is 0.266 e. The second kappa shape index (κ2) is 7.56. The van der Waals surface area contributed by atoms with Crippen LogP contribution in [-0.4, -0.2) is 39.7 Å². The average molecular weight is 382 g/mol. The molecule has 0 saturated heterocycles. The van der Waals surface area contributed by atoms with Crippen molar-refractivity contribution in [2.75, 3.05) is 14.1 Å². The molecule has 0 saturated carbocycles. The molecule has 3 aromatic rings. The van der Waals surface area contributed by atoms with Crippen LogP contribution in [0.25, 0.3) is 16.6 Å². The summed E-state index contributed by atoms with van der Waals surface area (Å²) < 4.78 is 1.61. The number of para-hydroxylation sites is 1. The molecule has 1 amide bonds. The summed E-state index contributed by atoms with van der Waals surface area (Å²) in [5, 5.41) is 0.724. The van der Waals surface area contributed by atoms with Crippen LogP contribution in [0.4, 0.5) is 0 Å². The fraction of sp³-hybridized carbons (Fsp3) is 0.286. The fourth-order valence-corrected chi connectivity index (χ4v) is 3.93. The molecule has 1 heterocycles. The van der Waals surface area contributed by atoms with Gasteiger partial charge < -0.3 is 4.90 Å². The summed E-state index contributed by atoms with van der Waals surface area (Å²) in [5.74, 6) is -0.0194. The van der Waals surface area contributed by atoms with E-state index in [0.29, 0.717) is 16.1 Å². The summed E-state index contributed by atoms with van der Waals surface area (Å²) in [6, 6.07) is 13.2. The van der Waals surface area contributed by atoms with Gasteiger partial charge in [0.05, 0.1) is 21.8 Å². The fourth-order valence-electron chi connectivity index (χ4n) is 2.86. The number of amides is 1. The van der Waals surface area contributed by atoms with Gasteiger partial charge in [-0.15, -0.1) is 0 Å². The number of benzene rings is 2. The zero-order valence-electron chi connectivity index (χ0n) is 16.2. The van der Waals surface area contributed by atoms with Gasteiger partial charge in [0.15, 0.2) is 5.16 Å². The van der Waals surface area contributed by atoms with Gasteiger partial charge in [-0.25, -0.2) is 4.98 Å². The van der Waals surface area contributed by atoms with Gasteiger partial charge in [-0.05, 0) is 56.2 Å². The Kier molecular flexibility index (Phi) is 5.37. The molecule has 1 aromatic heterocycles. The summed E-state index contributed by atoms with van der Waals surface area (Å²) in [6.45, 7) is 5.89. The molecule has 0 aliphatic carbocycles. The lowest BCUT2D eigenvalue weighted by Gasteiger charge is -2.19. The van der Waals surface area contributed by atoms with E-state index in [1.54, 1.807) is 29.6 Å². The number of aryl methyl sites for hydroxylation is 2. The third kappa shape index (κ3) is 3.76. The van der Waals surface area contributed by atoms with Gasteiger partial charge in [0.25, 0.3) is 5.56 Å². The van der Waals surface area contributed by atoms with Crippen LogP contribution in [0.1, 0.15) is 18.1 Å². The molecule has 27 heavy (non-hydrogen) atoms. The van der Waals surface area contributed by atoms with Crippen LogP contribution < -0.4 is 5.56 Å². The maximum absolute atomic E-state index is 13.2. The van der Waals surface area contributed by atoms with E-state index in [2.05, 4.69) is 0 Å². The van der Waals surface area contributed by atoms with Crippen molar-refractivity contribution in [2.24, 2.45) is 0 Å². The highest BCUT2D eigenvalue weighted by molar-refractivity contribution is 8.00. The minimum atomic E-state index is -0.356. The lowest BCUT2D eigenvalue weighted by molar-refractivity contribution is -0.127. The van der Waals surface area contributed by atoms with Crippen LogP contribution in [0.2, 0.25) is 0 Å². The van der Waals surface area contributed by atoms with E-state index in [9.17, 15) is 9.59 Å². The van der Waals surface area contributed by atoms with Crippen molar-refractivity contribution in [1.29, 1.82) is 0 Å². The Bertz CT molecular complexity index is 1070. The van der Waals surface area contributed by atoms with E-state index in [0.717, 1.165) is 16.8 Å². The molecule has 0 spiro atoms. The zero-order chi connectivity index (χ0) is 19.7. The van der Waals surface area contributed by atoms with E-state index in [1.165, 1.54) is 11.8 Å². The van der Waals surface area contributed by atoms with Crippen molar-refractivity contribution in [3.05, 3.63) is 63.9 Å². The normalized spacial score (nSPS) is 12.2. The van der Waals surface area contributed by atoms with E-state index in [4.69, 9.17) is 4.98 Å². The zero-order valence-corrected chi connectivity index (χ0v) is 17.0. The summed E-state index contributed by atoms with van der Waals surface area (Å²) >= 11 is 1.30. The summed E-state index contributed by atoms with van der Waals surface area (Å²) in [5.41, 5.74) is 3.52. The summed E-state index contributed by atoms with van der Waals surface area (Å²) in [6.07, 6.45) is 0. The van der Waals surface area contributed by atoms with Crippen LogP contribution in [0.3, 0.4) is 0 Å². The summed E-state index contributed by atoms with van der Waals surface area (Å²) in [7, 11) is 3.45. The molecular weight excluding hydrogens is 358 g/mol. The van der Waals surface area contributed by atoms with E-state index < -0.39 is 0 Å². The molecule has 0 aliphatic heterocycles. The quantitative estimate of drug-likeness (QED) is 0.512. The molecule has 0 N–H and O–H groups in total. The van der Waals surface area contributed by atoms with Gasteiger partial charge in [0, 0.05) is 14.1 Å². The Morgan fingerprint density at radius 1 is 1.11 bits per heavy atom. The number of hydrogen-bond acceptors (Lipinski definition) is 4. The van der Waals surface area contributed by atoms with Gasteiger partial charge in [0.1, 0.15) is 0 Å². The molecule has 2 aromatic carbocycles.